The monoisotopic (exact) mass is 238 g/mol. The topological polar surface area (TPSA) is 103 Å². The van der Waals surface area contributed by atoms with E-state index in [9.17, 15) is 9.59 Å². The number of rotatable bonds is 3. The Morgan fingerprint density at radius 1 is 1.41 bits per heavy atom. The quantitative estimate of drug-likeness (QED) is 0.563. The van der Waals surface area contributed by atoms with E-state index < -0.39 is 5.91 Å². The average Bonchev–Trinajstić information content (AvgIpc) is 2.90. The molecule has 1 fully saturated rings. The number of piperazine rings is 1. The molecule has 2 amide bonds. The van der Waals surface area contributed by atoms with E-state index in [-0.39, 0.29) is 18.3 Å². The molecular formula is C9H14N6O2. The second-order valence-electron chi connectivity index (χ2n) is 3.65. The summed E-state index contributed by atoms with van der Waals surface area (Å²) in [6.07, 6.45) is 1.24. The first-order valence-corrected chi connectivity index (χ1v) is 5.39. The zero-order chi connectivity index (χ0) is 12.1. The highest BCUT2D eigenvalue weighted by atomic mass is 16.2. The molecule has 8 nitrogen and oxygen atoms in total. The van der Waals surface area contributed by atoms with E-state index in [0.29, 0.717) is 13.1 Å². The molecule has 0 atom stereocenters. The van der Waals surface area contributed by atoms with Crippen LogP contribution in [0, 0.1) is 0 Å². The van der Waals surface area contributed by atoms with Crippen molar-refractivity contribution in [1.29, 1.82) is 0 Å². The zero-order valence-corrected chi connectivity index (χ0v) is 9.27. The molecule has 17 heavy (non-hydrogen) atoms. The van der Waals surface area contributed by atoms with Crippen LogP contribution >= 0.6 is 0 Å². The third kappa shape index (κ3) is 3.00. The maximum absolute atomic E-state index is 11.7. The number of nitrogens with one attached hydrogen (secondary N) is 3. The van der Waals surface area contributed by atoms with Gasteiger partial charge in [0.25, 0.3) is 5.91 Å². The highest BCUT2D eigenvalue weighted by Gasteiger charge is 2.17. The average molecular weight is 238 g/mol. The summed E-state index contributed by atoms with van der Waals surface area (Å²) in [6.45, 7) is 2.93. The molecule has 3 N–H and O–H groups in total. The summed E-state index contributed by atoms with van der Waals surface area (Å²) in [6, 6.07) is 0. The van der Waals surface area contributed by atoms with Crippen LogP contribution in [0.2, 0.25) is 0 Å². The van der Waals surface area contributed by atoms with Gasteiger partial charge in [0.1, 0.15) is 6.33 Å². The van der Waals surface area contributed by atoms with Crippen molar-refractivity contribution in [2.24, 2.45) is 0 Å². The minimum Gasteiger partial charge on any atom is -0.340 e. The summed E-state index contributed by atoms with van der Waals surface area (Å²) in [7, 11) is 0. The lowest BCUT2D eigenvalue weighted by Crippen LogP contribution is -2.49. The molecule has 2 rings (SSSR count). The number of nitrogens with zero attached hydrogens (tertiary/aromatic N) is 3. The van der Waals surface area contributed by atoms with E-state index >= 15 is 0 Å². The van der Waals surface area contributed by atoms with Gasteiger partial charge in [-0.05, 0) is 0 Å². The Bertz CT molecular complexity index is 384. The third-order valence-corrected chi connectivity index (χ3v) is 2.50. The van der Waals surface area contributed by atoms with E-state index in [4.69, 9.17) is 0 Å². The maximum atomic E-state index is 11.7. The van der Waals surface area contributed by atoms with Gasteiger partial charge in [-0.15, -0.1) is 0 Å². The van der Waals surface area contributed by atoms with E-state index in [2.05, 4.69) is 25.8 Å². The van der Waals surface area contributed by atoms with Crippen molar-refractivity contribution in [3.8, 4) is 0 Å². The van der Waals surface area contributed by atoms with Crippen LogP contribution in [0.15, 0.2) is 6.33 Å². The molecule has 0 spiro atoms. The van der Waals surface area contributed by atoms with Crippen molar-refractivity contribution in [3.63, 3.8) is 0 Å². The van der Waals surface area contributed by atoms with E-state index in [1.54, 1.807) is 4.90 Å². The Kier molecular flexibility index (Phi) is 3.66. The Morgan fingerprint density at radius 2 is 2.18 bits per heavy atom. The summed E-state index contributed by atoms with van der Waals surface area (Å²) in [5.41, 5.74) is 0. The van der Waals surface area contributed by atoms with Crippen LogP contribution < -0.4 is 10.6 Å². The lowest BCUT2D eigenvalue weighted by Gasteiger charge is -2.27. The van der Waals surface area contributed by atoms with Crippen molar-refractivity contribution < 1.29 is 9.59 Å². The molecular weight excluding hydrogens is 224 g/mol. The summed E-state index contributed by atoms with van der Waals surface area (Å²) in [5, 5.41) is 11.6. The summed E-state index contributed by atoms with van der Waals surface area (Å²) in [5.74, 6) is -0.400. The van der Waals surface area contributed by atoms with Gasteiger partial charge in [-0.25, -0.2) is 4.98 Å². The fourth-order valence-corrected chi connectivity index (χ4v) is 1.58. The fourth-order valence-electron chi connectivity index (χ4n) is 1.58. The molecule has 1 saturated heterocycles. The van der Waals surface area contributed by atoms with Crippen molar-refractivity contribution >= 4 is 11.8 Å². The zero-order valence-electron chi connectivity index (χ0n) is 9.27. The van der Waals surface area contributed by atoms with Crippen LogP contribution in [0.4, 0.5) is 0 Å². The Hall–Kier alpha value is -1.96. The molecule has 0 saturated carbocycles. The van der Waals surface area contributed by atoms with Crippen LogP contribution in [0.5, 0.6) is 0 Å². The predicted octanol–water partition coefficient (Wildman–Crippen LogP) is -2.03. The van der Waals surface area contributed by atoms with Crippen molar-refractivity contribution in [3.05, 3.63) is 12.2 Å². The van der Waals surface area contributed by atoms with Crippen LogP contribution in [-0.2, 0) is 4.79 Å². The second kappa shape index (κ2) is 5.39. The second-order valence-corrected chi connectivity index (χ2v) is 3.65. The summed E-state index contributed by atoms with van der Waals surface area (Å²) in [4.78, 5) is 28.6. The molecule has 0 bridgehead atoms. The Morgan fingerprint density at radius 3 is 2.82 bits per heavy atom. The Labute approximate surface area is 97.8 Å². The summed E-state index contributed by atoms with van der Waals surface area (Å²) >= 11 is 0. The molecule has 1 aliphatic heterocycles. The highest BCUT2D eigenvalue weighted by Crippen LogP contribution is 1.93. The standard InChI is InChI=1S/C9H14N6O2/c16-7(15-3-1-10-2-4-15)5-11-9(17)8-12-6-13-14-8/h6,10H,1-5H2,(H,11,17)(H,12,13,14). The van der Waals surface area contributed by atoms with Crippen LogP contribution in [0.25, 0.3) is 0 Å². The number of amides is 2. The SMILES string of the molecule is O=C(NCC(=O)N1CCNCC1)c1ncn[nH]1. The third-order valence-electron chi connectivity index (χ3n) is 2.50. The molecule has 0 aromatic carbocycles. The molecule has 0 radical (unpaired) electrons. The van der Waals surface area contributed by atoms with Crippen molar-refractivity contribution in [1.82, 2.24) is 30.7 Å². The number of hydrogen-bond donors (Lipinski definition) is 3. The number of aromatic nitrogens is 3. The first kappa shape index (κ1) is 11.5. The highest BCUT2D eigenvalue weighted by molar-refractivity contribution is 5.93. The molecule has 2 heterocycles. The van der Waals surface area contributed by atoms with Gasteiger partial charge in [0.05, 0.1) is 6.54 Å². The number of hydrogen-bond acceptors (Lipinski definition) is 5. The molecule has 1 aromatic rings. The Balaban J connectivity index is 1.77. The fraction of sp³-hybridized carbons (Fsp3) is 0.556. The first-order valence-electron chi connectivity index (χ1n) is 5.39. The van der Waals surface area contributed by atoms with Gasteiger partial charge < -0.3 is 15.5 Å². The normalized spacial score (nSPS) is 15.6. The van der Waals surface area contributed by atoms with Gasteiger partial charge >= 0.3 is 0 Å². The van der Waals surface area contributed by atoms with E-state index in [1.165, 1.54) is 6.33 Å². The molecule has 92 valence electrons. The number of carbonyl (C=O) groups is 2. The first-order chi connectivity index (χ1) is 8.27. The predicted molar refractivity (Wildman–Crippen MR) is 58.2 cm³/mol. The van der Waals surface area contributed by atoms with Gasteiger partial charge in [-0.1, -0.05) is 0 Å². The van der Waals surface area contributed by atoms with Gasteiger partial charge in [-0.3, -0.25) is 14.7 Å². The van der Waals surface area contributed by atoms with Crippen molar-refractivity contribution in [2.45, 2.75) is 0 Å². The molecule has 1 aromatic heterocycles. The van der Waals surface area contributed by atoms with E-state index in [1.807, 2.05) is 0 Å². The molecule has 0 aliphatic carbocycles. The number of carbonyl (C=O) groups excluding carboxylic acids is 2. The van der Waals surface area contributed by atoms with Crippen LogP contribution in [0.3, 0.4) is 0 Å². The molecule has 1 aliphatic rings. The van der Waals surface area contributed by atoms with Crippen LogP contribution in [0.1, 0.15) is 10.6 Å². The summed E-state index contributed by atoms with van der Waals surface area (Å²) < 4.78 is 0. The van der Waals surface area contributed by atoms with Gasteiger partial charge in [0.15, 0.2) is 0 Å². The maximum Gasteiger partial charge on any atom is 0.289 e. The lowest BCUT2D eigenvalue weighted by molar-refractivity contribution is -0.130. The molecule has 8 heteroatoms. The van der Waals surface area contributed by atoms with Gasteiger partial charge in [-0.2, -0.15) is 5.10 Å². The van der Waals surface area contributed by atoms with Gasteiger partial charge in [0, 0.05) is 26.2 Å². The largest absolute Gasteiger partial charge is 0.340 e. The number of H-pyrrole nitrogens is 1. The lowest BCUT2D eigenvalue weighted by atomic mass is 10.3. The number of aromatic amines is 1. The van der Waals surface area contributed by atoms with Crippen LogP contribution in [-0.4, -0.2) is 64.6 Å². The van der Waals surface area contributed by atoms with Gasteiger partial charge in [0.2, 0.25) is 11.7 Å². The van der Waals surface area contributed by atoms with E-state index in [0.717, 1.165) is 13.1 Å². The van der Waals surface area contributed by atoms with Crippen molar-refractivity contribution in [2.75, 3.05) is 32.7 Å². The minimum absolute atomic E-state index is 0.0144. The minimum atomic E-state index is -0.425. The molecule has 0 unspecified atom stereocenters. The smallest absolute Gasteiger partial charge is 0.289 e.